The van der Waals surface area contributed by atoms with E-state index < -0.39 is 0 Å². The fourth-order valence-corrected chi connectivity index (χ4v) is 2.83. The summed E-state index contributed by atoms with van der Waals surface area (Å²) >= 11 is 0. The Labute approximate surface area is 114 Å². The Hall–Kier alpha value is -1.38. The van der Waals surface area contributed by atoms with Crippen molar-refractivity contribution in [2.24, 2.45) is 5.92 Å². The van der Waals surface area contributed by atoms with Crippen molar-refractivity contribution in [2.75, 3.05) is 13.2 Å². The van der Waals surface area contributed by atoms with E-state index in [1.165, 1.54) is 22.8 Å². The fraction of sp³-hybridized carbons (Fsp3) is 0.412. The van der Waals surface area contributed by atoms with Crippen LogP contribution in [0.1, 0.15) is 18.9 Å². The van der Waals surface area contributed by atoms with Crippen molar-refractivity contribution in [3.05, 3.63) is 48.0 Å². The Morgan fingerprint density at radius 2 is 2.05 bits per heavy atom. The van der Waals surface area contributed by atoms with Crippen LogP contribution in [0.5, 0.6) is 0 Å². The molecule has 2 aromatic rings. The molecule has 1 N–H and O–H groups in total. The number of fused-ring (bicyclic) bond motifs is 1. The van der Waals surface area contributed by atoms with Gasteiger partial charge in [-0.15, -0.1) is 0 Å². The first-order chi connectivity index (χ1) is 9.34. The van der Waals surface area contributed by atoms with E-state index in [0.717, 1.165) is 19.8 Å². The molecule has 19 heavy (non-hydrogen) atoms. The molecule has 3 rings (SSSR count). The van der Waals surface area contributed by atoms with Crippen LogP contribution in [0, 0.1) is 5.92 Å². The van der Waals surface area contributed by atoms with Crippen LogP contribution >= 0.6 is 0 Å². The minimum absolute atomic E-state index is 0.515. The van der Waals surface area contributed by atoms with Gasteiger partial charge in [0.15, 0.2) is 0 Å². The van der Waals surface area contributed by atoms with E-state index in [0.29, 0.717) is 12.0 Å². The van der Waals surface area contributed by atoms with Crippen LogP contribution in [0.4, 0.5) is 0 Å². The molecule has 0 aromatic heterocycles. The quantitative estimate of drug-likeness (QED) is 0.904. The Morgan fingerprint density at radius 1 is 1.21 bits per heavy atom. The van der Waals surface area contributed by atoms with Crippen molar-refractivity contribution in [3.8, 4) is 0 Å². The van der Waals surface area contributed by atoms with Gasteiger partial charge in [-0.05, 0) is 35.6 Å². The molecule has 2 unspecified atom stereocenters. The maximum Gasteiger partial charge on any atom is 0.0509 e. The van der Waals surface area contributed by atoms with E-state index in [1.807, 2.05) is 0 Å². The van der Waals surface area contributed by atoms with Crippen molar-refractivity contribution >= 4 is 10.8 Å². The molecule has 1 saturated heterocycles. The summed E-state index contributed by atoms with van der Waals surface area (Å²) in [6.07, 6.45) is 1.18. The minimum Gasteiger partial charge on any atom is -0.381 e. The zero-order valence-corrected chi connectivity index (χ0v) is 11.4. The molecular formula is C17H21NO. The molecule has 0 aliphatic carbocycles. The van der Waals surface area contributed by atoms with Crippen LogP contribution in [0.15, 0.2) is 42.5 Å². The predicted molar refractivity (Wildman–Crippen MR) is 79.2 cm³/mol. The highest BCUT2D eigenvalue weighted by Crippen LogP contribution is 2.20. The van der Waals surface area contributed by atoms with Gasteiger partial charge in [-0.1, -0.05) is 42.5 Å². The summed E-state index contributed by atoms with van der Waals surface area (Å²) in [6.45, 7) is 5.03. The monoisotopic (exact) mass is 255 g/mol. The molecule has 0 spiro atoms. The first-order valence-electron chi connectivity index (χ1n) is 7.12. The molecule has 0 radical (unpaired) electrons. The van der Waals surface area contributed by atoms with E-state index in [4.69, 9.17) is 4.74 Å². The van der Waals surface area contributed by atoms with Crippen LogP contribution in [0.3, 0.4) is 0 Å². The third-order valence-corrected chi connectivity index (χ3v) is 4.17. The number of hydrogen-bond acceptors (Lipinski definition) is 2. The van der Waals surface area contributed by atoms with Crippen LogP contribution in [0.2, 0.25) is 0 Å². The summed E-state index contributed by atoms with van der Waals surface area (Å²) in [6, 6.07) is 15.6. The summed E-state index contributed by atoms with van der Waals surface area (Å²) in [5.41, 5.74) is 1.38. The molecule has 1 aliphatic heterocycles. The van der Waals surface area contributed by atoms with E-state index in [2.05, 4.69) is 54.7 Å². The highest BCUT2D eigenvalue weighted by Gasteiger charge is 2.21. The molecule has 0 amide bonds. The number of hydrogen-bond donors (Lipinski definition) is 1. The molecule has 0 bridgehead atoms. The van der Waals surface area contributed by atoms with Gasteiger partial charge in [-0.3, -0.25) is 0 Å². The largest absolute Gasteiger partial charge is 0.381 e. The summed E-state index contributed by atoms with van der Waals surface area (Å²) < 4.78 is 5.46. The van der Waals surface area contributed by atoms with Gasteiger partial charge in [0.1, 0.15) is 0 Å². The van der Waals surface area contributed by atoms with Crippen molar-refractivity contribution in [1.29, 1.82) is 0 Å². The molecule has 2 nitrogen and oxygen atoms in total. The van der Waals surface area contributed by atoms with Crippen molar-refractivity contribution in [1.82, 2.24) is 5.32 Å². The van der Waals surface area contributed by atoms with Crippen LogP contribution < -0.4 is 5.32 Å². The zero-order valence-electron chi connectivity index (χ0n) is 11.4. The Kier molecular flexibility index (Phi) is 3.81. The molecule has 1 fully saturated rings. The predicted octanol–water partition coefficient (Wildman–Crippen LogP) is 3.35. The fourth-order valence-electron chi connectivity index (χ4n) is 2.83. The van der Waals surface area contributed by atoms with Gasteiger partial charge in [0.2, 0.25) is 0 Å². The number of nitrogens with one attached hydrogen (secondary N) is 1. The summed E-state index contributed by atoms with van der Waals surface area (Å²) in [4.78, 5) is 0. The van der Waals surface area contributed by atoms with Gasteiger partial charge >= 0.3 is 0 Å². The van der Waals surface area contributed by atoms with Gasteiger partial charge in [-0.25, -0.2) is 0 Å². The molecular weight excluding hydrogens is 234 g/mol. The van der Waals surface area contributed by atoms with E-state index in [1.54, 1.807) is 0 Å². The standard InChI is InChI=1S/C17H21NO/c1-13(16-9-10-19-12-16)18-11-15-7-4-6-14-5-2-3-8-17(14)15/h2-8,13,16,18H,9-12H2,1H3. The normalized spacial score (nSPS) is 20.8. The average Bonchev–Trinajstić information content (AvgIpc) is 2.99. The summed E-state index contributed by atoms with van der Waals surface area (Å²) in [7, 11) is 0. The lowest BCUT2D eigenvalue weighted by Gasteiger charge is -2.19. The highest BCUT2D eigenvalue weighted by atomic mass is 16.5. The van der Waals surface area contributed by atoms with E-state index >= 15 is 0 Å². The Morgan fingerprint density at radius 3 is 2.89 bits per heavy atom. The molecule has 2 atom stereocenters. The second-order valence-corrected chi connectivity index (χ2v) is 5.43. The maximum absolute atomic E-state index is 5.46. The zero-order chi connectivity index (χ0) is 13.1. The minimum atomic E-state index is 0.515. The van der Waals surface area contributed by atoms with Gasteiger partial charge in [-0.2, -0.15) is 0 Å². The highest BCUT2D eigenvalue weighted by molar-refractivity contribution is 5.85. The first kappa shape index (κ1) is 12.6. The number of rotatable bonds is 4. The van der Waals surface area contributed by atoms with Crippen molar-refractivity contribution in [3.63, 3.8) is 0 Å². The van der Waals surface area contributed by atoms with E-state index in [-0.39, 0.29) is 0 Å². The lowest BCUT2D eigenvalue weighted by molar-refractivity contribution is 0.178. The van der Waals surface area contributed by atoms with Crippen LogP contribution in [-0.2, 0) is 11.3 Å². The smallest absolute Gasteiger partial charge is 0.0509 e. The average molecular weight is 255 g/mol. The number of ether oxygens (including phenoxy) is 1. The second-order valence-electron chi connectivity index (χ2n) is 5.43. The van der Waals surface area contributed by atoms with Crippen molar-refractivity contribution in [2.45, 2.75) is 25.9 Å². The lowest BCUT2D eigenvalue weighted by atomic mass is 9.99. The Balaban J connectivity index is 1.71. The SMILES string of the molecule is CC(NCc1cccc2ccccc12)C1CCOC1. The third-order valence-electron chi connectivity index (χ3n) is 4.17. The molecule has 2 aromatic carbocycles. The molecule has 0 saturated carbocycles. The van der Waals surface area contributed by atoms with Gasteiger partial charge in [0.05, 0.1) is 6.61 Å². The van der Waals surface area contributed by atoms with E-state index in [9.17, 15) is 0 Å². The van der Waals surface area contributed by atoms with Gasteiger partial charge in [0, 0.05) is 19.2 Å². The summed E-state index contributed by atoms with van der Waals surface area (Å²) in [5.74, 6) is 0.662. The van der Waals surface area contributed by atoms with Crippen LogP contribution in [0.25, 0.3) is 10.8 Å². The maximum atomic E-state index is 5.46. The summed E-state index contributed by atoms with van der Waals surface area (Å²) in [5, 5.41) is 6.33. The first-order valence-corrected chi connectivity index (χ1v) is 7.12. The van der Waals surface area contributed by atoms with Gasteiger partial charge < -0.3 is 10.1 Å². The molecule has 1 heterocycles. The topological polar surface area (TPSA) is 21.3 Å². The molecule has 2 heteroatoms. The lowest BCUT2D eigenvalue weighted by Crippen LogP contribution is -2.33. The second kappa shape index (κ2) is 5.72. The van der Waals surface area contributed by atoms with Gasteiger partial charge in [0.25, 0.3) is 0 Å². The third kappa shape index (κ3) is 2.80. The van der Waals surface area contributed by atoms with Crippen molar-refractivity contribution < 1.29 is 4.74 Å². The Bertz CT molecular complexity index is 540. The molecule has 100 valence electrons. The molecule has 1 aliphatic rings. The van der Waals surface area contributed by atoms with Crippen LogP contribution in [-0.4, -0.2) is 19.3 Å². The number of benzene rings is 2.